The van der Waals surface area contributed by atoms with Crippen molar-refractivity contribution in [3.63, 3.8) is 0 Å². The van der Waals surface area contributed by atoms with Crippen molar-refractivity contribution in [1.82, 2.24) is 19.9 Å². The molecule has 0 spiro atoms. The Balaban J connectivity index is 1.33. The molecule has 7 nitrogen and oxygen atoms in total. The Hall–Kier alpha value is -6.40. The number of rotatable bonds is 7. The van der Waals surface area contributed by atoms with Crippen molar-refractivity contribution in [1.29, 1.82) is 0 Å². The smallest absolute Gasteiger partial charge is 0.255 e. The number of aromatic amines is 2. The van der Waals surface area contributed by atoms with E-state index < -0.39 is 39.6 Å². The molecule has 12 heteroatoms. The van der Waals surface area contributed by atoms with E-state index in [2.05, 4.69) is 15.0 Å². The summed E-state index contributed by atoms with van der Waals surface area (Å²) in [7, 11) is 0. The van der Waals surface area contributed by atoms with Crippen LogP contribution >= 0.6 is 11.8 Å². The van der Waals surface area contributed by atoms with Gasteiger partial charge in [-0.1, -0.05) is 42.1 Å². The Kier molecular flexibility index (Phi) is 8.44. The molecule has 3 aromatic carbocycles. The van der Waals surface area contributed by atoms with Crippen LogP contribution in [0.25, 0.3) is 68.6 Å². The highest BCUT2D eigenvalue weighted by atomic mass is 32.2. The standard InChI is InChI=1S/C40H25F4N5O2S/c41-36-35(37(42)39(44)40(38(36)43)52-27-4-2-1-3-5-27)34-30-16-10-24(48-30)18-22-8-14-28(46-22)33(21-6-12-26(13-7-21)51-20-32(45)50)29-15-9-23(47-29)19-25-11-17-31(34)49-25/h1-19,46,49H,20H2,(H2,45,50). The van der Waals surface area contributed by atoms with Crippen molar-refractivity contribution in [2.45, 2.75) is 9.79 Å². The first-order valence-corrected chi connectivity index (χ1v) is 16.7. The molecule has 0 atom stereocenters. The van der Waals surface area contributed by atoms with Gasteiger partial charge in [-0.3, -0.25) is 4.79 Å². The molecular formula is C40H25F4N5O2S. The number of carbonyl (C=O) groups excluding carboxylic acids is 1. The molecule has 0 saturated carbocycles. The largest absolute Gasteiger partial charge is 0.484 e. The molecule has 2 aliphatic rings. The number of ether oxygens (including phenoxy) is 1. The summed E-state index contributed by atoms with van der Waals surface area (Å²) >= 11 is 0.596. The van der Waals surface area contributed by atoms with Gasteiger partial charge < -0.3 is 20.4 Å². The predicted molar refractivity (Wildman–Crippen MR) is 195 cm³/mol. The molecule has 0 saturated heterocycles. The minimum Gasteiger partial charge on any atom is -0.484 e. The first kappa shape index (κ1) is 32.8. The number of benzene rings is 3. The minimum atomic E-state index is -1.54. The van der Waals surface area contributed by atoms with Crippen LogP contribution in [0.3, 0.4) is 0 Å². The van der Waals surface area contributed by atoms with E-state index in [0.29, 0.717) is 50.5 Å². The molecule has 1 amide bonds. The molecule has 256 valence electrons. The van der Waals surface area contributed by atoms with E-state index in [1.807, 2.05) is 36.4 Å². The van der Waals surface area contributed by atoms with E-state index in [9.17, 15) is 4.79 Å². The van der Waals surface area contributed by atoms with Gasteiger partial charge in [0.2, 0.25) is 0 Å². The van der Waals surface area contributed by atoms with Crippen LogP contribution in [0.4, 0.5) is 17.6 Å². The van der Waals surface area contributed by atoms with Gasteiger partial charge in [0, 0.05) is 38.1 Å². The molecule has 6 aromatic rings. The summed E-state index contributed by atoms with van der Waals surface area (Å²) in [6.45, 7) is -0.246. The van der Waals surface area contributed by atoms with Gasteiger partial charge in [-0.25, -0.2) is 27.5 Å². The summed E-state index contributed by atoms with van der Waals surface area (Å²) in [5.74, 6) is -6.20. The summed E-state index contributed by atoms with van der Waals surface area (Å²) in [6.07, 6.45) is 6.86. The predicted octanol–water partition coefficient (Wildman–Crippen LogP) is 9.56. The number of carbonyl (C=O) groups is 1. The van der Waals surface area contributed by atoms with Crippen molar-refractivity contribution < 1.29 is 27.1 Å². The Morgan fingerprint density at radius 2 is 1.21 bits per heavy atom. The maximum absolute atomic E-state index is 16.1. The van der Waals surface area contributed by atoms with Gasteiger partial charge in [0.25, 0.3) is 5.91 Å². The molecule has 0 radical (unpaired) electrons. The summed E-state index contributed by atoms with van der Waals surface area (Å²) in [6, 6.07) is 25.8. The highest BCUT2D eigenvalue weighted by Gasteiger charge is 2.29. The molecule has 4 N–H and O–H groups in total. The zero-order valence-corrected chi connectivity index (χ0v) is 27.7. The summed E-state index contributed by atoms with van der Waals surface area (Å²) in [4.78, 5) is 26.8. The SMILES string of the molecule is NC(=O)COc1ccc(-c2c3nc(cc4ccc([nH]4)c(-c4c(F)c(F)c(Sc5ccccc5)c(F)c4F)c4nc(cc5ccc2[nH]5)C=C4)C=C3)cc1. The van der Waals surface area contributed by atoms with E-state index in [4.69, 9.17) is 15.5 Å². The average molecular weight is 716 g/mol. The van der Waals surface area contributed by atoms with Crippen LogP contribution in [0.5, 0.6) is 5.75 Å². The molecule has 8 bridgehead atoms. The van der Waals surface area contributed by atoms with Crippen molar-refractivity contribution >= 4 is 64.0 Å². The van der Waals surface area contributed by atoms with Gasteiger partial charge in [0.15, 0.2) is 29.9 Å². The second kappa shape index (κ2) is 13.4. The van der Waals surface area contributed by atoms with Crippen molar-refractivity contribution in [3.05, 3.63) is 137 Å². The number of primary amides is 1. The molecule has 3 aromatic heterocycles. The Morgan fingerprint density at radius 1 is 0.654 bits per heavy atom. The van der Waals surface area contributed by atoms with E-state index in [1.54, 1.807) is 78.9 Å². The Morgan fingerprint density at radius 3 is 1.79 bits per heavy atom. The van der Waals surface area contributed by atoms with Crippen molar-refractivity contribution in [2.75, 3.05) is 6.61 Å². The van der Waals surface area contributed by atoms with E-state index in [0.717, 1.165) is 16.6 Å². The Bertz CT molecular complexity index is 2600. The lowest BCUT2D eigenvalue weighted by atomic mass is 10.0. The number of nitrogens with one attached hydrogen (secondary N) is 2. The number of hydrogen-bond acceptors (Lipinski definition) is 5. The third-order valence-electron chi connectivity index (χ3n) is 8.36. The quantitative estimate of drug-likeness (QED) is 0.113. The van der Waals surface area contributed by atoms with E-state index >= 15 is 17.6 Å². The number of fused-ring (bicyclic) bond motifs is 8. The van der Waals surface area contributed by atoms with Gasteiger partial charge in [-0.05, 0) is 90.5 Å². The fraction of sp³-hybridized carbons (Fsp3) is 0.0250. The average Bonchev–Trinajstić information content (AvgIpc) is 3.98. The minimum absolute atomic E-state index is 0.0956. The summed E-state index contributed by atoms with van der Waals surface area (Å²) in [5, 5.41) is 0. The van der Waals surface area contributed by atoms with Gasteiger partial charge >= 0.3 is 0 Å². The third-order valence-corrected chi connectivity index (χ3v) is 9.43. The van der Waals surface area contributed by atoms with Gasteiger partial charge in [-0.15, -0.1) is 0 Å². The lowest BCUT2D eigenvalue weighted by Gasteiger charge is -2.13. The van der Waals surface area contributed by atoms with Gasteiger partial charge in [0.1, 0.15) is 5.75 Å². The summed E-state index contributed by atoms with van der Waals surface area (Å²) in [5.41, 5.74) is 9.61. The molecule has 0 fully saturated rings. The highest BCUT2D eigenvalue weighted by Crippen LogP contribution is 2.41. The van der Waals surface area contributed by atoms with Crippen LogP contribution in [-0.4, -0.2) is 32.4 Å². The van der Waals surface area contributed by atoms with Gasteiger partial charge in [-0.2, -0.15) is 0 Å². The molecular weight excluding hydrogens is 691 g/mol. The maximum atomic E-state index is 16.1. The Labute approximate surface area is 297 Å². The summed E-state index contributed by atoms with van der Waals surface area (Å²) < 4.78 is 68.9. The van der Waals surface area contributed by atoms with Gasteiger partial charge in [0.05, 0.1) is 33.2 Å². The first-order valence-electron chi connectivity index (χ1n) is 15.9. The molecule has 0 aliphatic carbocycles. The van der Waals surface area contributed by atoms with Crippen LogP contribution in [0.15, 0.2) is 101 Å². The molecule has 5 heterocycles. The van der Waals surface area contributed by atoms with Crippen LogP contribution in [-0.2, 0) is 4.79 Å². The van der Waals surface area contributed by atoms with Crippen molar-refractivity contribution in [2.24, 2.45) is 5.73 Å². The fourth-order valence-corrected chi connectivity index (χ4v) is 6.93. The van der Waals surface area contributed by atoms with E-state index in [1.165, 1.54) is 0 Å². The lowest BCUT2D eigenvalue weighted by Crippen LogP contribution is -2.19. The number of aromatic nitrogens is 4. The molecule has 8 rings (SSSR count). The van der Waals surface area contributed by atoms with Crippen molar-refractivity contribution in [3.8, 4) is 28.0 Å². The van der Waals surface area contributed by atoms with Crippen LogP contribution in [0.1, 0.15) is 22.8 Å². The maximum Gasteiger partial charge on any atom is 0.255 e. The second-order valence-corrected chi connectivity index (χ2v) is 12.9. The molecule has 0 unspecified atom stereocenters. The number of amides is 1. The normalized spacial score (nSPS) is 12.0. The first-order chi connectivity index (χ1) is 25.2. The fourth-order valence-electron chi connectivity index (χ4n) is 6.04. The monoisotopic (exact) mass is 715 g/mol. The highest BCUT2D eigenvalue weighted by molar-refractivity contribution is 7.99. The second-order valence-electron chi connectivity index (χ2n) is 11.9. The number of H-pyrrole nitrogens is 2. The number of nitrogens with two attached hydrogens (primary N) is 1. The lowest BCUT2D eigenvalue weighted by molar-refractivity contribution is -0.119. The van der Waals surface area contributed by atoms with Crippen LogP contribution in [0.2, 0.25) is 0 Å². The third kappa shape index (κ3) is 6.24. The molecule has 2 aliphatic heterocycles. The number of nitrogens with zero attached hydrogens (tertiary/aromatic N) is 2. The number of halogens is 4. The number of hydrogen-bond donors (Lipinski definition) is 3. The zero-order chi connectivity index (χ0) is 35.9. The zero-order valence-electron chi connectivity index (χ0n) is 26.9. The van der Waals surface area contributed by atoms with Crippen LogP contribution in [0, 0.1) is 23.3 Å². The van der Waals surface area contributed by atoms with E-state index in [-0.39, 0.29) is 23.4 Å². The topological polar surface area (TPSA) is 110 Å². The van der Waals surface area contributed by atoms with Crippen LogP contribution < -0.4 is 10.5 Å². The molecule has 52 heavy (non-hydrogen) atoms.